The highest BCUT2D eigenvalue weighted by molar-refractivity contribution is 7.15. The van der Waals surface area contributed by atoms with Gasteiger partial charge in [-0.3, -0.25) is 0 Å². The van der Waals surface area contributed by atoms with Crippen LogP contribution < -0.4 is 0 Å². The third-order valence-corrected chi connectivity index (χ3v) is 2.13. The Balaban J connectivity index is 2.73. The van der Waals surface area contributed by atoms with Crippen molar-refractivity contribution in [3.8, 4) is 0 Å². The zero-order valence-electron chi connectivity index (χ0n) is 6.20. The molecule has 0 unspecified atom stereocenters. The highest BCUT2D eigenvalue weighted by Crippen LogP contribution is 2.21. The summed E-state index contributed by atoms with van der Waals surface area (Å²) < 4.78 is 0. The summed E-state index contributed by atoms with van der Waals surface area (Å²) in [6, 6.07) is 0. The van der Waals surface area contributed by atoms with Gasteiger partial charge in [-0.1, -0.05) is 24.7 Å². The van der Waals surface area contributed by atoms with Crippen LogP contribution in [0.5, 0.6) is 0 Å². The van der Waals surface area contributed by atoms with Crippen LogP contribution in [0.15, 0.2) is 11.2 Å². The SMILES string of the molecule is CCCc1cnc(N=C=O)s1. The summed E-state index contributed by atoms with van der Waals surface area (Å²) in [4.78, 5) is 18.3. The molecule has 4 heteroatoms. The molecule has 0 radical (unpaired) electrons. The lowest BCUT2D eigenvalue weighted by Gasteiger charge is -1.84. The summed E-state index contributed by atoms with van der Waals surface area (Å²) in [6.45, 7) is 2.10. The van der Waals surface area contributed by atoms with Crippen molar-refractivity contribution < 1.29 is 4.79 Å². The van der Waals surface area contributed by atoms with Gasteiger partial charge in [-0.2, -0.15) is 0 Å². The highest BCUT2D eigenvalue weighted by atomic mass is 32.1. The number of carbonyl (C=O) groups excluding carboxylic acids is 1. The second-order valence-electron chi connectivity index (χ2n) is 2.06. The van der Waals surface area contributed by atoms with Gasteiger partial charge in [0.15, 0.2) is 0 Å². The van der Waals surface area contributed by atoms with Gasteiger partial charge in [-0.15, -0.1) is 4.99 Å². The van der Waals surface area contributed by atoms with E-state index < -0.39 is 0 Å². The van der Waals surface area contributed by atoms with E-state index in [0.717, 1.165) is 12.8 Å². The van der Waals surface area contributed by atoms with Gasteiger partial charge in [0, 0.05) is 11.1 Å². The summed E-state index contributed by atoms with van der Waals surface area (Å²) in [5.74, 6) is 0. The summed E-state index contributed by atoms with van der Waals surface area (Å²) in [7, 11) is 0. The number of aromatic nitrogens is 1. The van der Waals surface area contributed by atoms with Gasteiger partial charge in [0.1, 0.15) is 0 Å². The second-order valence-corrected chi connectivity index (χ2v) is 3.16. The maximum Gasteiger partial charge on any atom is 0.242 e. The van der Waals surface area contributed by atoms with E-state index >= 15 is 0 Å². The average Bonchev–Trinajstić information content (AvgIpc) is 2.38. The lowest BCUT2D eigenvalue weighted by Crippen LogP contribution is -1.72. The molecule has 3 nitrogen and oxygen atoms in total. The number of rotatable bonds is 3. The van der Waals surface area contributed by atoms with Gasteiger partial charge in [-0.05, 0) is 6.42 Å². The standard InChI is InChI=1S/C7H8N2OS/c1-2-3-6-4-8-7(11-6)9-5-10/h4H,2-3H2,1H3. The first-order chi connectivity index (χ1) is 5.36. The predicted molar refractivity (Wildman–Crippen MR) is 43.9 cm³/mol. The lowest BCUT2D eigenvalue weighted by molar-refractivity contribution is 0.565. The fourth-order valence-electron chi connectivity index (χ4n) is 0.750. The van der Waals surface area contributed by atoms with Gasteiger partial charge in [-0.25, -0.2) is 9.78 Å². The lowest BCUT2D eigenvalue weighted by atomic mass is 10.3. The number of hydrogen-bond acceptors (Lipinski definition) is 4. The topological polar surface area (TPSA) is 42.3 Å². The van der Waals surface area contributed by atoms with Crippen LogP contribution in [0.3, 0.4) is 0 Å². The van der Waals surface area contributed by atoms with Gasteiger partial charge >= 0.3 is 0 Å². The van der Waals surface area contributed by atoms with Crippen LogP contribution in [-0.4, -0.2) is 11.1 Å². The monoisotopic (exact) mass is 168 g/mol. The van der Waals surface area contributed by atoms with Gasteiger partial charge in [0.25, 0.3) is 0 Å². The van der Waals surface area contributed by atoms with Crippen LogP contribution in [0.2, 0.25) is 0 Å². The molecule has 0 saturated heterocycles. The van der Waals surface area contributed by atoms with Crippen LogP contribution in [0.25, 0.3) is 0 Å². The molecule has 0 N–H and O–H groups in total. The molecular formula is C7H8N2OS. The molecule has 0 bridgehead atoms. The molecule has 0 aromatic carbocycles. The second kappa shape index (κ2) is 4.01. The van der Waals surface area contributed by atoms with Crippen LogP contribution in [-0.2, 0) is 11.2 Å². The number of isocyanates is 1. The molecule has 0 aliphatic heterocycles. The summed E-state index contributed by atoms with van der Waals surface area (Å²) in [5.41, 5.74) is 0. The van der Waals surface area contributed by atoms with E-state index in [1.54, 1.807) is 6.20 Å². The number of hydrogen-bond donors (Lipinski definition) is 0. The van der Waals surface area contributed by atoms with Crippen molar-refractivity contribution in [1.29, 1.82) is 0 Å². The Morgan fingerprint density at radius 2 is 2.64 bits per heavy atom. The fraction of sp³-hybridized carbons (Fsp3) is 0.429. The molecule has 0 atom stereocenters. The number of nitrogens with zero attached hydrogens (tertiary/aromatic N) is 2. The van der Waals surface area contributed by atoms with Crippen molar-refractivity contribution in [2.24, 2.45) is 4.99 Å². The molecule has 0 amide bonds. The Kier molecular flexibility index (Phi) is 2.95. The van der Waals surface area contributed by atoms with E-state index in [0.29, 0.717) is 5.13 Å². The Labute approximate surface area is 68.8 Å². The van der Waals surface area contributed by atoms with Crippen LogP contribution in [0.4, 0.5) is 5.13 Å². The molecule has 0 spiro atoms. The van der Waals surface area contributed by atoms with E-state index in [1.165, 1.54) is 22.3 Å². The molecule has 1 heterocycles. The minimum atomic E-state index is 0.503. The average molecular weight is 168 g/mol. The minimum Gasteiger partial charge on any atom is -0.226 e. The third kappa shape index (κ3) is 2.26. The molecule has 0 fully saturated rings. The zero-order valence-corrected chi connectivity index (χ0v) is 7.02. The van der Waals surface area contributed by atoms with E-state index in [1.807, 2.05) is 0 Å². The normalized spacial score (nSPS) is 9.18. The first-order valence-electron chi connectivity index (χ1n) is 3.39. The molecule has 58 valence electrons. The number of thiazole rings is 1. The molecule has 0 aliphatic rings. The van der Waals surface area contributed by atoms with Gasteiger partial charge in [0.05, 0.1) is 0 Å². The first kappa shape index (κ1) is 8.11. The zero-order chi connectivity index (χ0) is 8.10. The fourth-order valence-corrected chi connectivity index (χ4v) is 1.58. The number of aliphatic imine (C=N–C) groups is 1. The smallest absolute Gasteiger partial charge is 0.226 e. The molecule has 1 aromatic rings. The van der Waals surface area contributed by atoms with Crippen molar-refractivity contribution in [2.45, 2.75) is 19.8 Å². The van der Waals surface area contributed by atoms with E-state index in [-0.39, 0.29) is 0 Å². The minimum absolute atomic E-state index is 0.503. The van der Waals surface area contributed by atoms with Crippen LogP contribution >= 0.6 is 11.3 Å². The highest BCUT2D eigenvalue weighted by Gasteiger charge is 1.97. The van der Waals surface area contributed by atoms with Crippen molar-refractivity contribution >= 4 is 22.5 Å². The van der Waals surface area contributed by atoms with Gasteiger partial charge in [0.2, 0.25) is 11.2 Å². The van der Waals surface area contributed by atoms with E-state index in [9.17, 15) is 4.79 Å². The Bertz CT molecular complexity index is 276. The van der Waals surface area contributed by atoms with Crippen molar-refractivity contribution in [3.05, 3.63) is 11.1 Å². The summed E-state index contributed by atoms with van der Waals surface area (Å²) in [6.07, 6.45) is 5.31. The predicted octanol–water partition coefficient (Wildman–Crippen LogP) is 2.06. The van der Waals surface area contributed by atoms with Gasteiger partial charge < -0.3 is 0 Å². The van der Waals surface area contributed by atoms with E-state index in [4.69, 9.17) is 0 Å². The Morgan fingerprint density at radius 3 is 3.27 bits per heavy atom. The third-order valence-electron chi connectivity index (χ3n) is 1.18. The van der Waals surface area contributed by atoms with Crippen molar-refractivity contribution in [2.75, 3.05) is 0 Å². The molecule has 1 aromatic heterocycles. The first-order valence-corrected chi connectivity index (χ1v) is 4.21. The molecule has 0 aliphatic carbocycles. The molecule has 1 rings (SSSR count). The van der Waals surface area contributed by atoms with Crippen molar-refractivity contribution in [1.82, 2.24) is 4.98 Å². The number of aryl methyl sites for hydroxylation is 1. The van der Waals surface area contributed by atoms with Crippen LogP contribution in [0.1, 0.15) is 18.2 Å². The maximum absolute atomic E-state index is 9.82. The molecule has 0 saturated carbocycles. The Hall–Kier alpha value is -0.990. The van der Waals surface area contributed by atoms with E-state index in [2.05, 4.69) is 16.9 Å². The molecule has 11 heavy (non-hydrogen) atoms. The quantitative estimate of drug-likeness (QED) is 0.512. The Morgan fingerprint density at radius 1 is 1.82 bits per heavy atom. The van der Waals surface area contributed by atoms with Crippen molar-refractivity contribution in [3.63, 3.8) is 0 Å². The molecular weight excluding hydrogens is 160 g/mol. The van der Waals surface area contributed by atoms with Crippen LogP contribution in [0, 0.1) is 0 Å². The maximum atomic E-state index is 9.82. The summed E-state index contributed by atoms with van der Waals surface area (Å²) in [5, 5.41) is 0.503. The largest absolute Gasteiger partial charge is 0.242 e. The summed E-state index contributed by atoms with van der Waals surface area (Å²) >= 11 is 1.44.